The Labute approximate surface area is 140 Å². The Morgan fingerprint density at radius 1 is 0.625 bits per heavy atom. The molecule has 2 aromatic heterocycles. The standard InChI is InChI=1S/C21H18N2O/c24-21-19-11-13-22(15-17-7-3-1-4-8-17)20(19)12-14-23(21)16-18-9-5-2-6-10-18/h1-14H,15-16H2. The minimum absolute atomic E-state index is 0.0585. The summed E-state index contributed by atoms with van der Waals surface area (Å²) >= 11 is 0. The van der Waals surface area contributed by atoms with Gasteiger partial charge < -0.3 is 9.13 Å². The Morgan fingerprint density at radius 2 is 1.17 bits per heavy atom. The van der Waals surface area contributed by atoms with E-state index in [1.54, 1.807) is 4.57 Å². The molecule has 2 aromatic carbocycles. The second-order valence-electron chi connectivity index (χ2n) is 5.96. The van der Waals surface area contributed by atoms with Crippen molar-refractivity contribution in [2.24, 2.45) is 0 Å². The predicted molar refractivity (Wildman–Crippen MR) is 97.3 cm³/mol. The molecule has 0 saturated carbocycles. The molecular weight excluding hydrogens is 296 g/mol. The fourth-order valence-electron chi connectivity index (χ4n) is 3.06. The highest BCUT2D eigenvalue weighted by Gasteiger charge is 2.08. The van der Waals surface area contributed by atoms with Crippen LogP contribution in [0, 0.1) is 0 Å². The summed E-state index contributed by atoms with van der Waals surface area (Å²) in [6.45, 7) is 1.37. The van der Waals surface area contributed by atoms with Crippen molar-refractivity contribution >= 4 is 10.9 Å². The summed E-state index contributed by atoms with van der Waals surface area (Å²) in [5, 5.41) is 0.768. The minimum Gasteiger partial charge on any atom is -0.343 e. The first-order valence-electron chi connectivity index (χ1n) is 8.07. The van der Waals surface area contributed by atoms with Crippen LogP contribution in [0.4, 0.5) is 0 Å². The molecule has 0 radical (unpaired) electrons. The van der Waals surface area contributed by atoms with Gasteiger partial charge in [0.2, 0.25) is 0 Å². The molecule has 0 bridgehead atoms. The van der Waals surface area contributed by atoms with E-state index in [0.717, 1.165) is 23.0 Å². The molecule has 0 N–H and O–H groups in total. The minimum atomic E-state index is 0.0585. The zero-order valence-corrected chi connectivity index (χ0v) is 13.3. The Balaban J connectivity index is 1.69. The van der Waals surface area contributed by atoms with Crippen molar-refractivity contribution in [1.82, 2.24) is 9.13 Å². The molecule has 0 spiro atoms. The van der Waals surface area contributed by atoms with Crippen molar-refractivity contribution in [2.45, 2.75) is 13.1 Å². The van der Waals surface area contributed by atoms with Crippen LogP contribution in [0.25, 0.3) is 10.9 Å². The Bertz CT molecular complexity index is 1010. The molecule has 118 valence electrons. The van der Waals surface area contributed by atoms with Crippen LogP contribution in [0.1, 0.15) is 11.1 Å². The molecule has 0 atom stereocenters. The van der Waals surface area contributed by atoms with Crippen LogP contribution >= 0.6 is 0 Å². The molecule has 4 aromatic rings. The van der Waals surface area contributed by atoms with Gasteiger partial charge in [-0.2, -0.15) is 0 Å². The van der Waals surface area contributed by atoms with Crippen LogP contribution in [-0.2, 0) is 13.1 Å². The fraction of sp³-hybridized carbons (Fsp3) is 0.0952. The largest absolute Gasteiger partial charge is 0.343 e. The SMILES string of the molecule is O=c1c2ccn(Cc3ccccc3)c2ccn1Cc1ccccc1. The normalized spacial score (nSPS) is 11.0. The molecule has 2 heterocycles. The average Bonchev–Trinajstić information content (AvgIpc) is 3.03. The number of rotatable bonds is 4. The van der Waals surface area contributed by atoms with E-state index in [2.05, 4.69) is 16.7 Å². The predicted octanol–water partition coefficient (Wildman–Crippen LogP) is 3.90. The third kappa shape index (κ3) is 2.76. The summed E-state index contributed by atoms with van der Waals surface area (Å²) in [7, 11) is 0. The van der Waals surface area contributed by atoms with Gasteiger partial charge in [-0.05, 0) is 23.3 Å². The lowest BCUT2D eigenvalue weighted by molar-refractivity contribution is 0.765. The second-order valence-corrected chi connectivity index (χ2v) is 5.96. The van der Waals surface area contributed by atoms with E-state index in [1.165, 1.54) is 5.56 Å². The molecule has 0 unspecified atom stereocenters. The van der Waals surface area contributed by atoms with Gasteiger partial charge in [-0.15, -0.1) is 0 Å². The monoisotopic (exact) mass is 314 g/mol. The number of nitrogens with zero attached hydrogens (tertiary/aromatic N) is 2. The van der Waals surface area contributed by atoms with Crippen molar-refractivity contribution < 1.29 is 0 Å². The number of hydrogen-bond acceptors (Lipinski definition) is 1. The number of hydrogen-bond donors (Lipinski definition) is 0. The van der Waals surface area contributed by atoms with Crippen molar-refractivity contribution in [3.8, 4) is 0 Å². The maximum Gasteiger partial charge on any atom is 0.260 e. The molecule has 0 aliphatic heterocycles. The van der Waals surface area contributed by atoms with Gasteiger partial charge in [0, 0.05) is 18.9 Å². The molecule has 0 amide bonds. The van der Waals surface area contributed by atoms with Gasteiger partial charge in [-0.1, -0.05) is 60.7 Å². The maximum atomic E-state index is 12.7. The van der Waals surface area contributed by atoms with E-state index < -0.39 is 0 Å². The highest BCUT2D eigenvalue weighted by atomic mass is 16.1. The molecule has 4 rings (SSSR count). The summed E-state index contributed by atoms with van der Waals surface area (Å²) in [5.41, 5.74) is 3.39. The summed E-state index contributed by atoms with van der Waals surface area (Å²) in [4.78, 5) is 12.7. The average molecular weight is 314 g/mol. The maximum absolute atomic E-state index is 12.7. The van der Waals surface area contributed by atoms with E-state index in [1.807, 2.05) is 73.1 Å². The van der Waals surface area contributed by atoms with Crippen LogP contribution in [0.5, 0.6) is 0 Å². The second kappa shape index (κ2) is 6.20. The van der Waals surface area contributed by atoms with Crippen LogP contribution in [0.2, 0.25) is 0 Å². The molecule has 0 aliphatic carbocycles. The lowest BCUT2D eigenvalue weighted by Crippen LogP contribution is -2.19. The van der Waals surface area contributed by atoms with Crippen molar-refractivity contribution in [3.05, 3.63) is 107 Å². The van der Waals surface area contributed by atoms with Gasteiger partial charge in [0.15, 0.2) is 0 Å². The van der Waals surface area contributed by atoms with Gasteiger partial charge in [-0.25, -0.2) is 0 Å². The molecule has 3 nitrogen and oxygen atoms in total. The molecule has 0 fully saturated rings. The number of benzene rings is 2. The fourth-order valence-corrected chi connectivity index (χ4v) is 3.06. The first kappa shape index (κ1) is 14.5. The molecule has 24 heavy (non-hydrogen) atoms. The Morgan fingerprint density at radius 3 is 1.79 bits per heavy atom. The van der Waals surface area contributed by atoms with Crippen LogP contribution in [0.15, 0.2) is 90.0 Å². The molecular formula is C21H18N2O. The van der Waals surface area contributed by atoms with Crippen LogP contribution < -0.4 is 5.56 Å². The van der Waals surface area contributed by atoms with Crippen molar-refractivity contribution in [3.63, 3.8) is 0 Å². The van der Waals surface area contributed by atoms with E-state index in [4.69, 9.17) is 0 Å². The summed E-state index contributed by atoms with van der Waals surface area (Å²) in [5.74, 6) is 0. The number of fused-ring (bicyclic) bond motifs is 1. The van der Waals surface area contributed by atoms with E-state index >= 15 is 0 Å². The number of pyridine rings is 1. The Hall–Kier alpha value is -3.07. The van der Waals surface area contributed by atoms with Gasteiger partial charge >= 0.3 is 0 Å². The zero-order valence-electron chi connectivity index (χ0n) is 13.3. The van der Waals surface area contributed by atoms with Crippen LogP contribution in [0.3, 0.4) is 0 Å². The van der Waals surface area contributed by atoms with E-state index in [-0.39, 0.29) is 5.56 Å². The van der Waals surface area contributed by atoms with Crippen molar-refractivity contribution in [2.75, 3.05) is 0 Å². The summed E-state index contributed by atoms with van der Waals surface area (Å²) in [6, 6.07) is 24.3. The van der Waals surface area contributed by atoms with Gasteiger partial charge in [0.25, 0.3) is 5.56 Å². The van der Waals surface area contributed by atoms with Gasteiger partial charge in [-0.3, -0.25) is 4.79 Å². The third-order valence-electron chi connectivity index (χ3n) is 4.30. The van der Waals surface area contributed by atoms with Gasteiger partial charge in [0.05, 0.1) is 17.4 Å². The quantitative estimate of drug-likeness (QED) is 0.561. The topological polar surface area (TPSA) is 26.9 Å². The lowest BCUT2D eigenvalue weighted by Gasteiger charge is -2.08. The summed E-state index contributed by atoms with van der Waals surface area (Å²) < 4.78 is 3.89. The highest BCUT2D eigenvalue weighted by molar-refractivity contribution is 5.79. The highest BCUT2D eigenvalue weighted by Crippen LogP contribution is 2.14. The molecule has 3 heteroatoms. The smallest absolute Gasteiger partial charge is 0.260 e. The Kier molecular flexibility index (Phi) is 3.75. The molecule has 0 aliphatic rings. The third-order valence-corrected chi connectivity index (χ3v) is 4.30. The van der Waals surface area contributed by atoms with E-state index in [0.29, 0.717) is 6.54 Å². The zero-order chi connectivity index (χ0) is 16.4. The van der Waals surface area contributed by atoms with Crippen LogP contribution in [-0.4, -0.2) is 9.13 Å². The van der Waals surface area contributed by atoms with E-state index in [9.17, 15) is 4.79 Å². The van der Waals surface area contributed by atoms with Gasteiger partial charge in [0.1, 0.15) is 0 Å². The lowest BCUT2D eigenvalue weighted by atomic mass is 10.2. The first-order chi connectivity index (χ1) is 11.8. The summed E-state index contributed by atoms with van der Waals surface area (Å²) in [6.07, 6.45) is 3.88. The first-order valence-corrected chi connectivity index (χ1v) is 8.07. The van der Waals surface area contributed by atoms with Crippen molar-refractivity contribution in [1.29, 1.82) is 0 Å². The number of aromatic nitrogens is 2. The molecule has 0 saturated heterocycles.